The van der Waals surface area contributed by atoms with Gasteiger partial charge in [0.25, 0.3) is 11.5 Å². The number of nitrogens with one attached hydrogen (secondary N) is 1. The molecule has 0 radical (unpaired) electrons. The molecule has 0 saturated heterocycles. The van der Waals surface area contributed by atoms with Crippen LogP contribution in [-0.2, 0) is 6.54 Å². The zero-order chi connectivity index (χ0) is 22.5. The number of nitrogens with zero attached hydrogens (tertiary/aromatic N) is 4. The molecule has 3 aromatic rings. The third-order valence-corrected chi connectivity index (χ3v) is 4.86. The van der Waals surface area contributed by atoms with Gasteiger partial charge in [-0.2, -0.15) is 9.78 Å². The molecule has 2 aromatic carbocycles. The van der Waals surface area contributed by atoms with Crippen molar-refractivity contribution >= 4 is 5.91 Å². The van der Waals surface area contributed by atoms with Crippen molar-refractivity contribution in [2.75, 3.05) is 27.2 Å². The van der Waals surface area contributed by atoms with Crippen LogP contribution in [0.5, 0.6) is 0 Å². The van der Waals surface area contributed by atoms with Gasteiger partial charge < -0.3 is 10.2 Å². The number of likely N-dealkylation sites (N-methyl/N-ethyl adjacent to an activating group) is 1. The maximum Gasteiger partial charge on any atom is 0.352 e. The van der Waals surface area contributed by atoms with Crippen molar-refractivity contribution in [1.82, 2.24) is 24.6 Å². The van der Waals surface area contributed by atoms with Crippen LogP contribution in [0.15, 0.2) is 58.1 Å². The van der Waals surface area contributed by atoms with Crippen LogP contribution < -0.4 is 16.6 Å². The number of aromatic nitrogens is 3. The number of rotatable bonds is 7. The van der Waals surface area contributed by atoms with Crippen LogP contribution >= 0.6 is 0 Å². The molecule has 0 atom stereocenters. The molecule has 8 nitrogen and oxygen atoms in total. The van der Waals surface area contributed by atoms with Gasteiger partial charge in [0.05, 0.1) is 12.2 Å². The van der Waals surface area contributed by atoms with Crippen LogP contribution in [-0.4, -0.2) is 52.3 Å². The molecule has 0 unspecified atom stereocenters. The third-order valence-electron chi connectivity index (χ3n) is 4.86. The van der Waals surface area contributed by atoms with E-state index in [0.29, 0.717) is 18.8 Å². The summed E-state index contributed by atoms with van der Waals surface area (Å²) in [6.07, 6.45) is 0. The Balaban J connectivity index is 2.09. The zero-order valence-corrected chi connectivity index (χ0v) is 18.3. The predicted molar refractivity (Wildman–Crippen MR) is 120 cm³/mol. The first-order chi connectivity index (χ1) is 14.8. The minimum atomic E-state index is -0.712. The summed E-state index contributed by atoms with van der Waals surface area (Å²) in [5, 5.41) is 6.84. The van der Waals surface area contributed by atoms with Gasteiger partial charge in [-0.3, -0.25) is 14.2 Å². The van der Waals surface area contributed by atoms with Gasteiger partial charge >= 0.3 is 5.69 Å². The fourth-order valence-electron chi connectivity index (χ4n) is 3.00. The first-order valence-electron chi connectivity index (χ1n) is 10.1. The van der Waals surface area contributed by atoms with Gasteiger partial charge in [0.2, 0.25) is 5.69 Å². The van der Waals surface area contributed by atoms with Crippen molar-refractivity contribution in [3.63, 3.8) is 0 Å². The molecule has 1 aromatic heterocycles. The fourth-order valence-corrected chi connectivity index (χ4v) is 3.00. The summed E-state index contributed by atoms with van der Waals surface area (Å²) >= 11 is 0. The molecule has 0 aliphatic heterocycles. The summed E-state index contributed by atoms with van der Waals surface area (Å²) in [5.41, 5.74) is 1.73. The SMILES string of the molecule is Cc1ccc(Cn2c(=O)c(C(=O)NCCN(C)C)nn(-c3ccc(C)cc3)c2=O)cc1. The molecule has 1 N–H and O–H groups in total. The van der Waals surface area contributed by atoms with E-state index in [4.69, 9.17) is 0 Å². The maximum absolute atomic E-state index is 13.1. The molecule has 0 spiro atoms. The number of hydrogen-bond acceptors (Lipinski definition) is 5. The van der Waals surface area contributed by atoms with Crippen LogP contribution in [0.25, 0.3) is 5.69 Å². The van der Waals surface area contributed by atoms with E-state index in [1.54, 1.807) is 12.1 Å². The number of carbonyl (C=O) groups excluding carboxylic acids is 1. The smallest absolute Gasteiger partial charge is 0.349 e. The van der Waals surface area contributed by atoms with E-state index in [-0.39, 0.29) is 12.2 Å². The Kier molecular flexibility index (Phi) is 6.81. The van der Waals surface area contributed by atoms with Crippen molar-refractivity contribution in [3.05, 3.63) is 91.8 Å². The molecule has 0 aliphatic rings. The lowest BCUT2D eigenvalue weighted by molar-refractivity contribution is 0.0941. The number of carbonyl (C=O) groups is 1. The standard InChI is InChI=1S/C23H27N5O3/c1-16-5-9-18(10-6-16)15-27-22(30)20(21(29)24-13-14-26(3)4)25-28(23(27)31)19-11-7-17(2)8-12-19/h5-12H,13-15H2,1-4H3,(H,24,29). The molecule has 1 heterocycles. The van der Waals surface area contributed by atoms with E-state index in [1.165, 1.54) is 0 Å². The fraction of sp³-hybridized carbons (Fsp3) is 0.304. The number of hydrogen-bond donors (Lipinski definition) is 1. The molecule has 1 amide bonds. The number of aryl methyl sites for hydroxylation is 2. The second-order valence-corrected chi connectivity index (χ2v) is 7.81. The van der Waals surface area contributed by atoms with Gasteiger partial charge in [0.1, 0.15) is 0 Å². The third kappa shape index (κ3) is 5.35. The Morgan fingerprint density at radius 1 is 0.968 bits per heavy atom. The first-order valence-corrected chi connectivity index (χ1v) is 10.1. The lowest BCUT2D eigenvalue weighted by Gasteiger charge is -2.13. The van der Waals surface area contributed by atoms with Crippen LogP contribution in [0.3, 0.4) is 0 Å². The Morgan fingerprint density at radius 3 is 2.13 bits per heavy atom. The monoisotopic (exact) mass is 421 g/mol. The predicted octanol–water partition coefficient (Wildman–Crippen LogP) is 1.35. The van der Waals surface area contributed by atoms with Crippen molar-refractivity contribution in [2.24, 2.45) is 0 Å². The largest absolute Gasteiger partial charge is 0.352 e. The molecule has 31 heavy (non-hydrogen) atoms. The molecule has 3 rings (SSSR count). The van der Waals surface area contributed by atoms with Gasteiger partial charge in [-0.25, -0.2) is 4.79 Å². The quantitative estimate of drug-likeness (QED) is 0.622. The van der Waals surface area contributed by atoms with Gasteiger partial charge in [0.15, 0.2) is 0 Å². The van der Waals surface area contributed by atoms with Crippen LogP contribution in [0, 0.1) is 13.8 Å². The van der Waals surface area contributed by atoms with E-state index >= 15 is 0 Å². The summed E-state index contributed by atoms with van der Waals surface area (Å²) in [4.78, 5) is 40.8. The summed E-state index contributed by atoms with van der Waals surface area (Å²) < 4.78 is 2.16. The summed E-state index contributed by atoms with van der Waals surface area (Å²) in [5.74, 6) is -0.606. The highest BCUT2D eigenvalue weighted by Crippen LogP contribution is 2.07. The topological polar surface area (TPSA) is 89.2 Å². The Hall–Kier alpha value is -3.52. The van der Waals surface area contributed by atoms with Crippen LogP contribution in [0.2, 0.25) is 0 Å². The summed E-state index contributed by atoms with van der Waals surface area (Å²) in [7, 11) is 3.77. The van der Waals surface area contributed by atoms with Gasteiger partial charge in [-0.1, -0.05) is 47.5 Å². The van der Waals surface area contributed by atoms with Gasteiger partial charge in [0, 0.05) is 13.1 Å². The van der Waals surface area contributed by atoms with E-state index in [1.807, 2.05) is 69.2 Å². The van der Waals surface area contributed by atoms with E-state index < -0.39 is 17.2 Å². The molecule has 162 valence electrons. The molecule has 0 fully saturated rings. The lowest BCUT2D eigenvalue weighted by atomic mass is 10.1. The Labute approximate surface area is 180 Å². The number of benzene rings is 2. The Bertz CT molecular complexity index is 1180. The second-order valence-electron chi connectivity index (χ2n) is 7.81. The van der Waals surface area contributed by atoms with Crippen molar-refractivity contribution < 1.29 is 4.79 Å². The van der Waals surface area contributed by atoms with Gasteiger partial charge in [-0.05, 0) is 45.6 Å². The minimum absolute atomic E-state index is 0.0459. The maximum atomic E-state index is 13.1. The van der Waals surface area contributed by atoms with Crippen LogP contribution in [0.4, 0.5) is 0 Å². The zero-order valence-electron chi connectivity index (χ0n) is 18.3. The van der Waals surface area contributed by atoms with E-state index in [2.05, 4.69) is 10.4 Å². The van der Waals surface area contributed by atoms with E-state index in [0.717, 1.165) is 25.9 Å². The molecular weight excluding hydrogens is 394 g/mol. The normalized spacial score (nSPS) is 11.0. The average molecular weight is 422 g/mol. The number of amides is 1. The highest BCUT2D eigenvalue weighted by atomic mass is 16.2. The highest BCUT2D eigenvalue weighted by molar-refractivity contribution is 5.91. The van der Waals surface area contributed by atoms with Crippen LogP contribution in [0.1, 0.15) is 27.2 Å². The molecule has 0 aliphatic carbocycles. The van der Waals surface area contributed by atoms with Crippen molar-refractivity contribution in [1.29, 1.82) is 0 Å². The van der Waals surface area contributed by atoms with Gasteiger partial charge in [-0.15, -0.1) is 0 Å². The van der Waals surface area contributed by atoms with E-state index in [9.17, 15) is 14.4 Å². The molecule has 0 bridgehead atoms. The highest BCUT2D eigenvalue weighted by Gasteiger charge is 2.20. The molecular formula is C23H27N5O3. The average Bonchev–Trinajstić information content (AvgIpc) is 2.73. The summed E-state index contributed by atoms with van der Waals surface area (Å²) in [6, 6.07) is 14.7. The first kappa shape index (κ1) is 22.2. The summed E-state index contributed by atoms with van der Waals surface area (Å²) in [6.45, 7) is 4.91. The molecule has 8 heteroatoms. The second kappa shape index (κ2) is 9.53. The Morgan fingerprint density at radius 2 is 1.55 bits per heavy atom. The molecule has 0 saturated carbocycles. The van der Waals surface area contributed by atoms with Crippen molar-refractivity contribution in [3.8, 4) is 5.69 Å². The minimum Gasteiger partial charge on any atom is -0.349 e. The lowest BCUT2D eigenvalue weighted by Crippen LogP contribution is -2.46. The van der Waals surface area contributed by atoms with Crippen molar-refractivity contribution in [2.45, 2.75) is 20.4 Å².